The smallest absolute Gasteiger partial charge is 0.409 e. The first-order valence-corrected chi connectivity index (χ1v) is 12.2. The van der Waals surface area contributed by atoms with E-state index in [4.69, 9.17) is 22.1 Å². The Labute approximate surface area is 213 Å². The van der Waals surface area contributed by atoms with Crippen LogP contribution in [0.5, 0.6) is 5.75 Å². The van der Waals surface area contributed by atoms with E-state index < -0.39 is 12.1 Å². The molecule has 0 spiro atoms. The number of fused-ring (bicyclic) bond motifs is 1. The van der Waals surface area contributed by atoms with Gasteiger partial charge in [0.25, 0.3) is 0 Å². The van der Waals surface area contributed by atoms with Crippen molar-refractivity contribution in [1.29, 1.82) is 0 Å². The Morgan fingerprint density at radius 3 is 2.64 bits per heavy atom. The van der Waals surface area contributed by atoms with E-state index in [0.29, 0.717) is 27.2 Å². The maximum Gasteiger partial charge on any atom is 0.413 e. The average Bonchev–Trinajstić information content (AvgIpc) is 2.89. The molecule has 4 aromatic rings. The lowest BCUT2D eigenvalue weighted by atomic mass is 9.98. The van der Waals surface area contributed by atoms with Gasteiger partial charge in [0.05, 0.1) is 17.8 Å². The Morgan fingerprint density at radius 2 is 1.92 bits per heavy atom. The number of nitrogens with one attached hydrogen (secondary N) is 2. The Morgan fingerprint density at radius 1 is 1.14 bits per heavy atom. The second kappa shape index (κ2) is 10.4. The van der Waals surface area contributed by atoms with Crippen LogP contribution in [0.3, 0.4) is 0 Å². The zero-order valence-corrected chi connectivity index (χ0v) is 20.2. The largest absolute Gasteiger partial charge is 0.413 e. The summed E-state index contributed by atoms with van der Waals surface area (Å²) in [6.45, 7) is 1.69. The molecule has 2 aromatic carbocycles. The fourth-order valence-electron chi connectivity index (χ4n) is 4.41. The van der Waals surface area contributed by atoms with Gasteiger partial charge in [-0.2, -0.15) is 0 Å². The fourth-order valence-corrected chi connectivity index (χ4v) is 4.59. The number of pyridine rings is 2. The van der Waals surface area contributed by atoms with Crippen LogP contribution < -0.4 is 26.1 Å². The van der Waals surface area contributed by atoms with Gasteiger partial charge in [-0.1, -0.05) is 41.9 Å². The highest BCUT2D eigenvalue weighted by Gasteiger charge is 2.22. The lowest BCUT2D eigenvalue weighted by Crippen LogP contribution is -2.40. The van der Waals surface area contributed by atoms with Crippen molar-refractivity contribution in [3.05, 3.63) is 99.4 Å². The van der Waals surface area contributed by atoms with Crippen molar-refractivity contribution in [3.63, 3.8) is 0 Å². The Kier molecular flexibility index (Phi) is 6.88. The number of halogens is 1. The van der Waals surface area contributed by atoms with Gasteiger partial charge in [-0.05, 0) is 48.7 Å². The molecular weight excluding hydrogens is 478 g/mol. The maximum atomic E-state index is 13.3. The number of aromatic amines is 1. The molecule has 1 aliphatic rings. The quantitative estimate of drug-likeness (QED) is 0.372. The van der Waals surface area contributed by atoms with Crippen LogP contribution in [0.2, 0.25) is 5.02 Å². The van der Waals surface area contributed by atoms with Crippen molar-refractivity contribution < 1.29 is 9.53 Å². The summed E-state index contributed by atoms with van der Waals surface area (Å²) in [7, 11) is 0. The molecule has 1 aliphatic heterocycles. The van der Waals surface area contributed by atoms with Crippen LogP contribution in [0.4, 0.5) is 10.6 Å². The number of hydrogen-bond acceptors (Lipinski definition) is 6. The van der Waals surface area contributed by atoms with Crippen molar-refractivity contribution >= 4 is 34.4 Å². The second-order valence-electron chi connectivity index (χ2n) is 8.82. The van der Waals surface area contributed by atoms with Crippen LogP contribution in [0.25, 0.3) is 10.9 Å². The highest BCUT2D eigenvalue weighted by atomic mass is 35.5. The number of hydrogen-bond donors (Lipinski definition) is 3. The number of carbonyl (C=O) groups excluding carboxylic acids is 1. The molecule has 0 aliphatic carbocycles. The molecule has 0 bridgehead atoms. The first kappa shape index (κ1) is 23.8. The second-order valence-corrected chi connectivity index (χ2v) is 9.25. The summed E-state index contributed by atoms with van der Waals surface area (Å²) in [5.74, 6) is 1.12. The van der Waals surface area contributed by atoms with Gasteiger partial charge < -0.3 is 25.7 Å². The highest BCUT2D eigenvalue weighted by molar-refractivity contribution is 6.31. The number of nitrogens with zero attached hydrogens (tertiary/aromatic N) is 2. The molecule has 9 heteroatoms. The van der Waals surface area contributed by atoms with E-state index in [0.717, 1.165) is 37.3 Å². The van der Waals surface area contributed by atoms with Gasteiger partial charge in [-0.15, -0.1) is 0 Å². The number of amides is 1. The molecule has 0 saturated carbocycles. The van der Waals surface area contributed by atoms with E-state index in [1.54, 1.807) is 30.5 Å². The molecule has 8 nitrogen and oxygen atoms in total. The van der Waals surface area contributed by atoms with E-state index >= 15 is 0 Å². The molecule has 36 heavy (non-hydrogen) atoms. The molecule has 4 N–H and O–H groups in total. The summed E-state index contributed by atoms with van der Waals surface area (Å²) in [5.41, 5.74) is 7.51. The molecular formula is C27H26ClN5O3. The molecule has 3 heterocycles. The fraction of sp³-hybridized carbons (Fsp3) is 0.222. The van der Waals surface area contributed by atoms with Crippen molar-refractivity contribution in [2.75, 3.05) is 18.0 Å². The zero-order chi connectivity index (χ0) is 25.1. The summed E-state index contributed by atoms with van der Waals surface area (Å²) in [6.07, 6.45) is 4.26. The number of benzene rings is 2. The Bertz CT molecular complexity index is 1420. The predicted molar refractivity (Wildman–Crippen MR) is 141 cm³/mol. The molecule has 0 radical (unpaired) electrons. The minimum Gasteiger partial charge on any atom is -0.409 e. The summed E-state index contributed by atoms with van der Waals surface area (Å²) in [6, 6.07) is 17.3. The average molecular weight is 504 g/mol. The molecule has 1 amide bonds. The standard InChI is InChI=1S/C27H26ClN5O3/c28-18-6-8-21-23(14-18)30-16-22(26(21)34)25(17-4-2-1-3-5-17)32-27(35)36-20-7-9-24(31-15-20)33-12-10-19(29)11-13-33/h1-9,14-16,19,25H,10-13,29H2,(H,30,34)(H,32,35). The zero-order valence-electron chi connectivity index (χ0n) is 19.5. The number of H-pyrrole nitrogens is 1. The molecule has 1 unspecified atom stereocenters. The number of aromatic nitrogens is 2. The van der Waals surface area contributed by atoms with Crippen LogP contribution in [0.1, 0.15) is 30.0 Å². The van der Waals surface area contributed by atoms with Gasteiger partial charge in [0.15, 0.2) is 11.2 Å². The summed E-state index contributed by atoms with van der Waals surface area (Å²) >= 11 is 6.07. The number of anilines is 1. The lowest BCUT2D eigenvalue weighted by molar-refractivity contribution is 0.197. The van der Waals surface area contributed by atoms with Gasteiger partial charge in [-0.25, -0.2) is 9.78 Å². The van der Waals surface area contributed by atoms with E-state index in [1.165, 1.54) is 6.20 Å². The normalized spacial score (nSPS) is 15.0. The molecule has 5 rings (SSSR count). The number of nitrogens with two attached hydrogens (primary N) is 1. The van der Waals surface area contributed by atoms with Crippen LogP contribution in [-0.4, -0.2) is 35.2 Å². The monoisotopic (exact) mass is 503 g/mol. The molecule has 1 fully saturated rings. The Hall–Kier alpha value is -3.88. The number of ether oxygens (including phenoxy) is 1. The van der Waals surface area contributed by atoms with E-state index in [9.17, 15) is 9.59 Å². The van der Waals surface area contributed by atoms with Gasteiger partial charge in [0, 0.05) is 41.3 Å². The van der Waals surface area contributed by atoms with Crippen LogP contribution in [0.15, 0.2) is 77.9 Å². The minimum atomic E-state index is -0.729. The number of carbonyl (C=O) groups is 1. The topological polar surface area (TPSA) is 113 Å². The van der Waals surface area contributed by atoms with Crippen LogP contribution in [-0.2, 0) is 0 Å². The van der Waals surface area contributed by atoms with Crippen molar-refractivity contribution in [2.24, 2.45) is 5.73 Å². The summed E-state index contributed by atoms with van der Waals surface area (Å²) in [4.78, 5) is 35.9. The third kappa shape index (κ3) is 5.19. The van der Waals surface area contributed by atoms with Crippen molar-refractivity contribution in [2.45, 2.75) is 24.9 Å². The van der Waals surface area contributed by atoms with Gasteiger partial charge in [0.2, 0.25) is 0 Å². The first-order valence-electron chi connectivity index (χ1n) is 11.8. The predicted octanol–water partition coefficient (Wildman–Crippen LogP) is 4.38. The van der Waals surface area contributed by atoms with E-state index in [2.05, 4.69) is 20.2 Å². The van der Waals surface area contributed by atoms with Crippen molar-refractivity contribution in [1.82, 2.24) is 15.3 Å². The number of rotatable bonds is 5. The Balaban J connectivity index is 1.36. The maximum absolute atomic E-state index is 13.3. The van der Waals surface area contributed by atoms with Crippen LogP contribution in [0, 0.1) is 0 Å². The van der Waals surface area contributed by atoms with Gasteiger partial charge >= 0.3 is 6.09 Å². The minimum absolute atomic E-state index is 0.207. The van der Waals surface area contributed by atoms with Gasteiger partial charge in [0.1, 0.15) is 5.82 Å². The van der Waals surface area contributed by atoms with E-state index in [1.807, 2.05) is 36.4 Å². The van der Waals surface area contributed by atoms with E-state index in [-0.39, 0.29) is 11.5 Å². The molecule has 184 valence electrons. The molecule has 2 aromatic heterocycles. The summed E-state index contributed by atoms with van der Waals surface area (Å²) in [5, 5.41) is 3.84. The lowest BCUT2D eigenvalue weighted by Gasteiger charge is -2.31. The first-order chi connectivity index (χ1) is 17.5. The third-order valence-corrected chi connectivity index (χ3v) is 6.61. The molecule has 1 saturated heterocycles. The van der Waals surface area contributed by atoms with Gasteiger partial charge in [-0.3, -0.25) is 4.79 Å². The van der Waals surface area contributed by atoms with Crippen molar-refractivity contribution in [3.8, 4) is 5.75 Å². The van der Waals surface area contributed by atoms with Crippen LogP contribution >= 0.6 is 11.6 Å². The number of piperidine rings is 1. The summed E-state index contributed by atoms with van der Waals surface area (Å²) < 4.78 is 5.51. The SMILES string of the molecule is NC1CCN(c2ccc(OC(=O)NC(c3ccccc3)c3c[nH]c4cc(Cl)ccc4c3=O)cn2)CC1. The third-order valence-electron chi connectivity index (χ3n) is 6.37. The molecule has 1 atom stereocenters. The highest BCUT2D eigenvalue weighted by Crippen LogP contribution is 2.24.